The summed E-state index contributed by atoms with van der Waals surface area (Å²) < 4.78 is 5.20. The molecule has 3 aromatic rings. The number of ether oxygens (including phenoxy) is 1. The normalized spacial score (nSPS) is 19.0. The molecule has 1 atom stereocenters. The third kappa shape index (κ3) is 4.01. The molecule has 7 heteroatoms. The zero-order valence-corrected chi connectivity index (χ0v) is 19.8. The molecule has 1 saturated carbocycles. The third-order valence-corrected chi connectivity index (χ3v) is 7.59. The van der Waals surface area contributed by atoms with Crippen LogP contribution >= 0.6 is 11.3 Å². The van der Waals surface area contributed by atoms with E-state index in [0.29, 0.717) is 17.0 Å². The largest absolute Gasteiger partial charge is 0.503 e. The van der Waals surface area contributed by atoms with Gasteiger partial charge in [0.1, 0.15) is 10.8 Å². The van der Waals surface area contributed by atoms with E-state index in [1.54, 1.807) is 53.8 Å². The number of carbonyl (C=O) groups excluding carboxylic acids is 2. The minimum atomic E-state index is -0.519. The van der Waals surface area contributed by atoms with Crippen molar-refractivity contribution in [3.63, 3.8) is 0 Å². The molecule has 0 bridgehead atoms. The van der Waals surface area contributed by atoms with Gasteiger partial charge in [-0.2, -0.15) is 0 Å². The van der Waals surface area contributed by atoms with Gasteiger partial charge in [0.25, 0.3) is 5.91 Å². The quantitative estimate of drug-likeness (QED) is 0.456. The van der Waals surface area contributed by atoms with Crippen LogP contribution in [-0.2, 0) is 4.79 Å². The van der Waals surface area contributed by atoms with Crippen molar-refractivity contribution in [3.8, 4) is 16.3 Å². The monoisotopic (exact) mass is 474 g/mol. The van der Waals surface area contributed by atoms with Gasteiger partial charge in [0.2, 0.25) is 0 Å². The van der Waals surface area contributed by atoms with Crippen LogP contribution in [0.15, 0.2) is 71.4 Å². The number of methoxy groups -OCH3 is 1. The van der Waals surface area contributed by atoms with Crippen LogP contribution in [0.1, 0.15) is 42.5 Å². The molecule has 1 aliphatic heterocycles. The second-order valence-electron chi connectivity index (χ2n) is 8.72. The second-order valence-corrected chi connectivity index (χ2v) is 9.62. The molecule has 174 valence electrons. The molecule has 0 radical (unpaired) electrons. The van der Waals surface area contributed by atoms with Crippen LogP contribution < -0.4 is 9.64 Å². The van der Waals surface area contributed by atoms with E-state index < -0.39 is 17.7 Å². The van der Waals surface area contributed by atoms with Crippen LogP contribution in [0.2, 0.25) is 0 Å². The molecule has 2 heterocycles. The number of carbonyl (C=O) groups is 2. The first-order valence-corrected chi connectivity index (χ1v) is 12.4. The first kappa shape index (κ1) is 22.3. The minimum absolute atomic E-state index is 0.109. The van der Waals surface area contributed by atoms with Gasteiger partial charge in [0.15, 0.2) is 11.5 Å². The molecule has 1 fully saturated rings. The average Bonchev–Trinajstić information content (AvgIpc) is 3.52. The highest BCUT2D eigenvalue weighted by molar-refractivity contribution is 7.13. The van der Waals surface area contributed by atoms with Crippen LogP contribution in [0.3, 0.4) is 0 Å². The molecule has 0 spiro atoms. The fourth-order valence-corrected chi connectivity index (χ4v) is 5.71. The van der Waals surface area contributed by atoms with Crippen LogP contribution in [0.25, 0.3) is 10.6 Å². The Kier molecular flexibility index (Phi) is 6.20. The Morgan fingerprint density at radius 1 is 1.06 bits per heavy atom. The zero-order chi connectivity index (χ0) is 23.7. The van der Waals surface area contributed by atoms with Crippen molar-refractivity contribution >= 4 is 28.7 Å². The SMILES string of the molecule is COc1ccc(C(=O)C2=C(O)C(=O)N(c3ccc(-c4nccs4)cc3)C2C2CCCCC2)cc1. The van der Waals surface area contributed by atoms with Gasteiger partial charge < -0.3 is 9.84 Å². The number of hydrogen-bond acceptors (Lipinski definition) is 6. The van der Waals surface area contributed by atoms with Gasteiger partial charge >= 0.3 is 0 Å². The molecular formula is C27H26N2O4S. The molecule has 5 rings (SSSR count). The maximum absolute atomic E-state index is 13.6. The van der Waals surface area contributed by atoms with Gasteiger partial charge in [-0.25, -0.2) is 4.98 Å². The van der Waals surface area contributed by atoms with Gasteiger partial charge in [-0.15, -0.1) is 11.3 Å². The van der Waals surface area contributed by atoms with Crippen molar-refractivity contribution in [1.82, 2.24) is 4.98 Å². The predicted molar refractivity (Wildman–Crippen MR) is 132 cm³/mol. The Morgan fingerprint density at radius 3 is 2.38 bits per heavy atom. The van der Waals surface area contributed by atoms with E-state index in [1.165, 1.54) is 0 Å². The number of ketones is 1. The smallest absolute Gasteiger partial charge is 0.294 e. The number of aliphatic hydroxyl groups excluding tert-OH is 1. The molecule has 1 aromatic heterocycles. The van der Waals surface area contributed by atoms with Crippen LogP contribution in [-0.4, -0.2) is 34.9 Å². The number of benzene rings is 2. The lowest BCUT2D eigenvalue weighted by Crippen LogP contribution is -2.42. The summed E-state index contributed by atoms with van der Waals surface area (Å²) in [6.45, 7) is 0. The first-order valence-electron chi connectivity index (χ1n) is 11.5. The summed E-state index contributed by atoms with van der Waals surface area (Å²) in [7, 11) is 1.57. The van der Waals surface area contributed by atoms with Crippen LogP contribution in [0.5, 0.6) is 5.75 Å². The highest BCUT2D eigenvalue weighted by Crippen LogP contribution is 2.41. The topological polar surface area (TPSA) is 79.7 Å². The number of hydrogen-bond donors (Lipinski definition) is 1. The Balaban J connectivity index is 1.53. The molecule has 2 aromatic carbocycles. The average molecular weight is 475 g/mol. The van der Waals surface area contributed by atoms with E-state index >= 15 is 0 Å². The number of aromatic nitrogens is 1. The van der Waals surface area contributed by atoms with E-state index in [1.807, 2.05) is 29.6 Å². The van der Waals surface area contributed by atoms with Gasteiger partial charge in [-0.05, 0) is 67.3 Å². The van der Waals surface area contributed by atoms with Gasteiger partial charge in [0, 0.05) is 28.4 Å². The maximum atomic E-state index is 13.6. The first-order chi connectivity index (χ1) is 16.6. The van der Waals surface area contributed by atoms with Gasteiger partial charge in [-0.3, -0.25) is 14.5 Å². The Bertz CT molecular complexity index is 1210. The fourth-order valence-electron chi connectivity index (χ4n) is 5.07. The van der Waals surface area contributed by atoms with E-state index in [4.69, 9.17) is 4.74 Å². The number of aliphatic hydroxyl groups is 1. The zero-order valence-electron chi connectivity index (χ0n) is 18.9. The Hall–Kier alpha value is -3.45. The summed E-state index contributed by atoms with van der Waals surface area (Å²) >= 11 is 1.55. The number of Topliss-reactive ketones (excluding diaryl/α,β-unsaturated/α-hetero) is 1. The molecule has 6 nitrogen and oxygen atoms in total. The maximum Gasteiger partial charge on any atom is 0.294 e. The molecule has 1 amide bonds. The fraction of sp³-hybridized carbons (Fsp3) is 0.296. The van der Waals surface area contributed by atoms with E-state index in [-0.39, 0.29) is 17.3 Å². The summed E-state index contributed by atoms with van der Waals surface area (Å²) in [6, 6.07) is 13.9. The van der Waals surface area contributed by atoms with E-state index in [9.17, 15) is 14.7 Å². The summed E-state index contributed by atoms with van der Waals surface area (Å²) in [5, 5.41) is 13.8. The van der Waals surface area contributed by atoms with Crippen molar-refractivity contribution in [1.29, 1.82) is 0 Å². The molecule has 1 unspecified atom stereocenters. The lowest BCUT2D eigenvalue weighted by atomic mass is 9.79. The van der Waals surface area contributed by atoms with Crippen molar-refractivity contribution in [2.45, 2.75) is 38.1 Å². The molecule has 1 aliphatic carbocycles. The van der Waals surface area contributed by atoms with Crippen molar-refractivity contribution in [2.24, 2.45) is 5.92 Å². The Labute approximate surface area is 202 Å². The highest BCUT2D eigenvalue weighted by Gasteiger charge is 2.47. The second kappa shape index (κ2) is 9.43. The minimum Gasteiger partial charge on any atom is -0.503 e. The predicted octanol–water partition coefficient (Wildman–Crippen LogP) is 5.81. The van der Waals surface area contributed by atoms with Crippen molar-refractivity contribution in [2.75, 3.05) is 12.0 Å². The van der Waals surface area contributed by atoms with Gasteiger partial charge in [0.05, 0.1) is 18.7 Å². The lowest BCUT2D eigenvalue weighted by Gasteiger charge is -2.35. The van der Waals surface area contributed by atoms with Gasteiger partial charge in [-0.1, -0.05) is 19.3 Å². The lowest BCUT2D eigenvalue weighted by molar-refractivity contribution is -0.117. The van der Waals surface area contributed by atoms with Crippen LogP contribution in [0.4, 0.5) is 5.69 Å². The summed E-state index contributed by atoms with van der Waals surface area (Å²) in [5.41, 5.74) is 2.26. The van der Waals surface area contributed by atoms with E-state index in [2.05, 4.69) is 4.98 Å². The molecular weight excluding hydrogens is 448 g/mol. The number of nitrogens with zero attached hydrogens (tertiary/aromatic N) is 2. The number of rotatable bonds is 6. The Morgan fingerprint density at radius 2 is 1.76 bits per heavy atom. The van der Waals surface area contributed by atoms with Crippen molar-refractivity contribution < 1.29 is 19.4 Å². The third-order valence-electron chi connectivity index (χ3n) is 6.77. The summed E-state index contributed by atoms with van der Waals surface area (Å²) in [5.74, 6) is -0.526. The summed E-state index contributed by atoms with van der Waals surface area (Å²) in [6.07, 6.45) is 6.84. The van der Waals surface area contributed by atoms with Crippen molar-refractivity contribution in [3.05, 3.63) is 77.0 Å². The van der Waals surface area contributed by atoms with E-state index in [0.717, 1.165) is 42.7 Å². The highest BCUT2D eigenvalue weighted by atomic mass is 32.1. The molecule has 2 aliphatic rings. The molecule has 1 N–H and O–H groups in total. The standard InChI is InChI=1S/C27H26N2O4S/c1-33-21-13-9-18(10-14-21)24(30)22-23(17-5-3-2-4-6-17)29(27(32)25(22)31)20-11-7-19(8-12-20)26-28-15-16-34-26/h7-17,23,31H,2-6H2,1H3. The summed E-state index contributed by atoms with van der Waals surface area (Å²) in [4.78, 5) is 32.9. The number of amides is 1. The number of thiazole rings is 1. The molecule has 0 saturated heterocycles. The number of anilines is 1. The van der Waals surface area contributed by atoms with Crippen LogP contribution in [0, 0.1) is 5.92 Å². The molecule has 34 heavy (non-hydrogen) atoms.